The Morgan fingerprint density at radius 2 is 1.79 bits per heavy atom. The second-order valence-corrected chi connectivity index (χ2v) is 10.6. The lowest BCUT2D eigenvalue weighted by molar-refractivity contribution is -0.165. The summed E-state index contributed by atoms with van der Waals surface area (Å²) >= 11 is 0. The van der Waals surface area contributed by atoms with Crippen molar-refractivity contribution in [2.75, 3.05) is 26.7 Å². The minimum Gasteiger partial charge on any atom is -0.433 e. The van der Waals surface area contributed by atoms with Crippen molar-refractivity contribution in [2.45, 2.75) is 69.5 Å². The Kier molecular flexibility index (Phi) is 8.13. The molecule has 10 heteroatoms. The predicted octanol–water partition coefficient (Wildman–Crippen LogP) is 1.82. The lowest BCUT2D eigenvalue weighted by Crippen LogP contribution is -2.68. The number of hydrogen-bond donors (Lipinski definition) is 2. The largest absolute Gasteiger partial charge is 0.433 e. The van der Waals surface area contributed by atoms with Crippen LogP contribution < -0.4 is 10.6 Å². The highest BCUT2D eigenvalue weighted by atomic mass is 16.7. The summed E-state index contributed by atoms with van der Waals surface area (Å²) in [6, 6.07) is 10.9. The molecule has 2 aromatic rings. The Hall–Kier alpha value is -3.50. The fourth-order valence-corrected chi connectivity index (χ4v) is 6.01. The van der Waals surface area contributed by atoms with Gasteiger partial charge >= 0.3 is 5.97 Å². The zero-order valence-electron chi connectivity index (χ0n) is 22.4. The van der Waals surface area contributed by atoms with Crippen LogP contribution in [0.15, 0.2) is 42.5 Å². The van der Waals surface area contributed by atoms with Gasteiger partial charge in [-0.1, -0.05) is 49.2 Å². The van der Waals surface area contributed by atoms with Crippen LogP contribution in [0.1, 0.15) is 49.4 Å². The molecule has 0 aliphatic carbocycles. The van der Waals surface area contributed by atoms with Crippen molar-refractivity contribution in [3.63, 3.8) is 0 Å². The number of likely N-dealkylation sites (N-methyl/N-ethyl adjacent to an activating group) is 1. The van der Waals surface area contributed by atoms with E-state index in [9.17, 15) is 19.2 Å². The van der Waals surface area contributed by atoms with E-state index in [2.05, 4.69) is 15.5 Å². The van der Waals surface area contributed by atoms with Crippen LogP contribution in [0.5, 0.6) is 0 Å². The number of nitrogens with one attached hydrogen (secondary N) is 2. The van der Waals surface area contributed by atoms with Gasteiger partial charge in [0.25, 0.3) is 5.91 Å². The van der Waals surface area contributed by atoms with E-state index in [1.165, 1.54) is 0 Å². The van der Waals surface area contributed by atoms with Gasteiger partial charge in [-0.2, -0.15) is 0 Å². The van der Waals surface area contributed by atoms with Gasteiger partial charge in [-0.15, -0.1) is 0 Å². The average Bonchev–Trinajstić information content (AvgIpc) is 3.26. The molecular weight excluding hydrogens is 500 g/mol. The zero-order chi connectivity index (χ0) is 27.5. The van der Waals surface area contributed by atoms with Crippen LogP contribution in [-0.2, 0) is 23.9 Å². The van der Waals surface area contributed by atoms with Gasteiger partial charge in [-0.05, 0) is 43.7 Å². The normalized spacial score (nSPS) is 27.8. The molecule has 0 aromatic heterocycles. The van der Waals surface area contributed by atoms with Crippen molar-refractivity contribution in [2.24, 2.45) is 0 Å². The van der Waals surface area contributed by atoms with Crippen LogP contribution in [-0.4, -0.2) is 90.7 Å². The maximum Gasteiger partial charge on any atom is 0.310 e. The monoisotopic (exact) mass is 536 g/mol. The highest BCUT2D eigenvalue weighted by Crippen LogP contribution is 2.27. The molecule has 2 N–H and O–H groups in total. The van der Waals surface area contributed by atoms with Crippen LogP contribution in [0.2, 0.25) is 0 Å². The third kappa shape index (κ3) is 5.77. The molecule has 0 radical (unpaired) electrons. The molecule has 0 spiro atoms. The number of rotatable bonds is 6. The Morgan fingerprint density at radius 1 is 1.03 bits per heavy atom. The molecule has 3 amide bonds. The number of amides is 3. The molecule has 3 fully saturated rings. The highest BCUT2D eigenvalue weighted by molar-refractivity contribution is 6.08. The van der Waals surface area contributed by atoms with Crippen molar-refractivity contribution < 1.29 is 28.7 Å². The van der Waals surface area contributed by atoms with E-state index in [-0.39, 0.29) is 30.2 Å². The van der Waals surface area contributed by atoms with Gasteiger partial charge in [0.2, 0.25) is 18.1 Å². The van der Waals surface area contributed by atoms with E-state index >= 15 is 0 Å². The third-order valence-corrected chi connectivity index (χ3v) is 7.83. The first kappa shape index (κ1) is 27.1. The molecule has 5 atom stereocenters. The van der Waals surface area contributed by atoms with Crippen molar-refractivity contribution in [1.82, 2.24) is 20.4 Å². The zero-order valence-corrected chi connectivity index (χ0v) is 22.4. The quantitative estimate of drug-likeness (QED) is 0.541. The molecule has 5 rings (SSSR count). The first-order valence-electron chi connectivity index (χ1n) is 13.8. The van der Waals surface area contributed by atoms with Gasteiger partial charge in [0.05, 0.1) is 6.42 Å². The average molecular weight is 537 g/mol. The van der Waals surface area contributed by atoms with E-state index in [0.29, 0.717) is 31.7 Å². The maximum atomic E-state index is 14.0. The summed E-state index contributed by atoms with van der Waals surface area (Å²) in [5, 5.41) is 7.67. The van der Waals surface area contributed by atoms with Gasteiger partial charge in [0.1, 0.15) is 18.1 Å². The second-order valence-electron chi connectivity index (χ2n) is 10.6. The first-order chi connectivity index (χ1) is 18.9. The summed E-state index contributed by atoms with van der Waals surface area (Å²) in [6.45, 7) is 3.11. The Bertz CT molecular complexity index is 1250. The van der Waals surface area contributed by atoms with Crippen molar-refractivity contribution in [3.8, 4) is 0 Å². The van der Waals surface area contributed by atoms with Crippen LogP contribution in [0.25, 0.3) is 10.8 Å². The van der Waals surface area contributed by atoms with Gasteiger partial charge < -0.3 is 29.9 Å². The molecule has 3 heterocycles. The van der Waals surface area contributed by atoms with Crippen LogP contribution in [0, 0.1) is 0 Å². The number of fused-ring (bicyclic) bond motifs is 2. The minimum absolute atomic E-state index is 0.0139. The maximum absolute atomic E-state index is 14.0. The number of piperazine rings is 1. The Balaban J connectivity index is 1.37. The third-order valence-electron chi connectivity index (χ3n) is 7.83. The van der Waals surface area contributed by atoms with E-state index in [1.807, 2.05) is 43.4 Å². The second kappa shape index (κ2) is 11.7. The number of nitrogens with zero attached hydrogens (tertiary/aromatic N) is 2. The topological polar surface area (TPSA) is 117 Å². The molecular formula is C29H36N4O6. The molecule has 3 aliphatic rings. The van der Waals surface area contributed by atoms with Crippen molar-refractivity contribution in [3.05, 3.63) is 48.0 Å². The summed E-state index contributed by atoms with van der Waals surface area (Å²) in [5.74, 6) is -1.34. The molecule has 3 saturated heterocycles. The summed E-state index contributed by atoms with van der Waals surface area (Å²) in [7, 11) is 1.94. The molecule has 0 saturated carbocycles. The predicted molar refractivity (Wildman–Crippen MR) is 144 cm³/mol. The summed E-state index contributed by atoms with van der Waals surface area (Å²) in [5.41, 5.74) is 0.514. The van der Waals surface area contributed by atoms with Crippen molar-refractivity contribution in [1.29, 1.82) is 0 Å². The number of cyclic esters (lactones) is 1. The Morgan fingerprint density at radius 3 is 2.62 bits per heavy atom. The number of carbonyl (C=O) groups is 4. The van der Waals surface area contributed by atoms with Gasteiger partial charge in [-0.25, -0.2) is 0 Å². The molecule has 10 nitrogen and oxygen atoms in total. The fraction of sp³-hybridized carbons (Fsp3) is 0.517. The van der Waals surface area contributed by atoms with Gasteiger partial charge in [0, 0.05) is 31.3 Å². The van der Waals surface area contributed by atoms with E-state index in [4.69, 9.17) is 9.47 Å². The van der Waals surface area contributed by atoms with E-state index in [1.54, 1.807) is 17.9 Å². The first-order valence-corrected chi connectivity index (χ1v) is 13.8. The van der Waals surface area contributed by atoms with Crippen LogP contribution in [0.3, 0.4) is 0 Å². The number of esters is 1. The molecule has 3 aliphatic heterocycles. The van der Waals surface area contributed by atoms with E-state index in [0.717, 1.165) is 30.0 Å². The van der Waals surface area contributed by atoms with Gasteiger partial charge in [0.15, 0.2) is 0 Å². The van der Waals surface area contributed by atoms with Crippen LogP contribution >= 0.6 is 0 Å². The SMILES string of the molecule is CCOC1OC(=O)CC1NC(=O)[C@@H]1CN(C)C[C@@H]2CCCC[C@H](NC(=O)c3cccc4ccccc34)C(=O)N21. The molecule has 208 valence electrons. The fourth-order valence-electron chi connectivity index (χ4n) is 6.01. The lowest BCUT2D eigenvalue weighted by atomic mass is 9.93. The minimum atomic E-state index is -0.848. The standard InChI is InChI=1S/C29H36N4O6/c1-3-38-29-23(15-25(34)39-29)31-27(36)24-17-32(2)16-19-11-5-7-14-22(28(37)33(19)24)30-26(35)21-13-8-10-18-9-4-6-12-20(18)21/h4,6,8-10,12-13,19,22-24,29H,3,5,7,11,14-17H2,1-2H3,(H,30,35)(H,31,36)/t19-,22-,23?,24-,29?/m0/s1. The van der Waals surface area contributed by atoms with Crippen molar-refractivity contribution >= 4 is 34.5 Å². The molecule has 0 bridgehead atoms. The number of benzene rings is 2. The highest BCUT2D eigenvalue weighted by Gasteiger charge is 2.45. The van der Waals surface area contributed by atoms with E-state index < -0.39 is 30.4 Å². The number of ether oxygens (including phenoxy) is 2. The molecule has 2 aromatic carbocycles. The molecule has 2 unspecified atom stereocenters. The van der Waals surface area contributed by atoms with Gasteiger partial charge in [-0.3, -0.25) is 19.2 Å². The number of carbonyl (C=O) groups excluding carboxylic acids is 4. The smallest absolute Gasteiger partial charge is 0.310 e. The molecule has 39 heavy (non-hydrogen) atoms. The van der Waals surface area contributed by atoms with Crippen LogP contribution in [0.4, 0.5) is 0 Å². The summed E-state index contributed by atoms with van der Waals surface area (Å²) in [6.07, 6.45) is 2.12. The number of hydrogen-bond acceptors (Lipinski definition) is 7. The lowest BCUT2D eigenvalue weighted by Gasteiger charge is -2.47. The Labute approximate surface area is 228 Å². The summed E-state index contributed by atoms with van der Waals surface area (Å²) < 4.78 is 10.7. The summed E-state index contributed by atoms with van der Waals surface area (Å²) in [4.78, 5) is 56.7.